The Morgan fingerprint density at radius 2 is 1.73 bits per heavy atom. The molecule has 2 aromatic carbocycles. The molecule has 0 aliphatic carbocycles. The number of rotatable bonds is 7. The van der Waals surface area contributed by atoms with Gasteiger partial charge in [0.2, 0.25) is 5.91 Å². The van der Waals surface area contributed by atoms with Crippen molar-refractivity contribution in [1.82, 2.24) is 0 Å². The average Bonchev–Trinajstić information content (AvgIpc) is 3.15. The van der Waals surface area contributed by atoms with Crippen molar-refractivity contribution in [2.75, 3.05) is 30.0 Å². The summed E-state index contributed by atoms with van der Waals surface area (Å²) in [5, 5.41) is 2.62. The molecule has 1 heterocycles. The van der Waals surface area contributed by atoms with E-state index >= 15 is 0 Å². The maximum atomic E-state index is 12.3. The lowest BCUT2D eigenvalue weighted by atomic mass is 10.1. The van der Waals surface area contributed by atoms with Gasteiger partial charge in [0.05, 0.1) is 18.1 Å². The van der Waals surface area contributed by atoms with E-state index in [0.717, 1.165) is 0 Å². The third-order valence-electron chi connectivity index (χ3n) is 4.55. The first kappa shape index (κ1) is 21.0. The summed E-state index contributed by atoms with van der Waals surface area (Å²) in [6.45, 7) is 1.72. The normalized spacial score (nSPS) is 15.6. The van der Waals surface area contributed by atoms with Crippen LogP contribution in [0.1, 0.15) is 23.7 Å². The second-order valence-corrected chi connectivity index (χ2v) is 6.69. The Labute approximate surface area is 173 Å². The molecule has 1 aliphatic rings. The molecular weight excluding hydrogens is 388 g/mol. The highest BCUT2D eigenvalue weighted by Gasteiger charge is 2.36. The summed E-state index contributed by atoms with van der Waals surface area (Å²) in [5.41, 5.74) is 1.56. The van der Waals surface area contributed by atoms with Crippen LogP contribution in [0.5, 0.6) is 0 Å². The number of hydrogen-bond donors (Lipinski definition) is 1. The highest BCUT2D eigenvalue weighted by Crippen LogP contribution is 2.26. The summed E-state index contributed by atoms with van der Waals surface area (Å²) >= 11 is 0. The van der Waals surface area contributed by atoms with E-state index in [-0.39, 0.29) is 25.5 Å². The lowest BCUT2D eigenvalue weighted by Crippen LogP contribution is -2.28. The van der Waals surface area contributed by atoms with Gasteiger partial charge >= 0.3 is 11.9 Å². The van der Waals surface area contributed by atoms with E-state index in [9.17, 15) is 19.2 Å². The van der Waals surface area contributed by atoms with E-state index in [0.29, 0.717) is 16.9 Å². The zero-order valence-electron chi connectivity index (χ0n) is 16.5. The van der Waals surface area contributed by atoms with Crippen molar-refractivity contribution >= 4 is 35.1 Å². The Bertz CT molecular complexity index is 926. The van der Waals surface area contributed by atoms with Crippen molar-refractivity contribution in [2.24, 2.45) is 5.92 Å². The van der Waals surface area contributed by atoms with E-state index in [2.05, 4.69) is 5.32 Å². The van der Waals surface area contributed by atoms with Crippen molar-refractivity contribution in [3.05, 3.63) is 60.2 Å². The topological polar surface area (TPSA) is 102 Å². The van der Waals surface area contributed by atoms with Gasteiger partial charge in [0.15, 0.2) is 6.61 Å². The molecule has 1 N–H and O–H groups in total. The van der Waals surface area contributed by atoms with Crippen LogP contribution in [0.2, 0.25) is 0 Å². The predicted molar refractivity (Wildman–Crippen MR) is 109 cm³/mol. The van der Waals surface area contributed by atoms with Crippen LogP contribution in [-0.4, -0.2) is 43.5 Å². The molecule has 1 atom stereocenters. The van der Waals surface area contributed by atoms with Crippen molar-refractivity contribution in [2.45, 2.75) is 13.3 Å². The van der Waals surface area contributed by atoms with Gasteiger partial charge in [-0.1, -0.05) is 18.2 Å². The van der Waals surface area contributed by atoms with Crippen LogP contribution in [0, 0.1) is 5.92 Å². The van der Waals surface area contributed by atoms with Crippen LogP contribution >= 0.6 is 0 Å². The first-order valence-electron chi connectivity index (χ1n) is 9.57. The van der Waals surface area contributed by atoms with Crippen LogP contribution < -0.4 is 10.2 Å². The Morgan fingerprint density at radius 3 is 2.40 bits per heavy atom. The van der Waals surface area contributed by atoms with Crippen molar-refractivity contribution in [3.8, 4) is 0 Å². The summed E-state index contributed by atoms with van der Waals surface area (Å²) in [5.74, 6) is -2.38. The Balaban J connectivity index is 1.52. The number of carbonyl (C=O) groups is 4. The molecule has 1 fully saturated rings. The molecule has 30 heavy (non-hydrogen) atoms. The third-order valence-corrected chi connectivity index (χ3v) is 4.55. The fourth-order valence-electron chi connectivity index (χ4n) is 3.08. The number of hydrogen-bond acceptors (Lipinski definition) is 6. The van der Waals surface area contributed by atoms with Crippen molar-refractivity contribution in [1.29, 1.82) is 0 Å². The second kappa shape index (κ2) is 9.69. The molecule has 1 saturated heterocycles. The molecule has 2 aromatic rings. The van der Waals surface area contributed by atoms with Gasteiger partial charge in [-0.25, -0.2) is 4.79 Å². The molecule has 1 aliphatic heterocycles. The van der Waals surface area contributed by atoms with Gasteiger partial charge in [-0.2, -0.15) is 0 Å². The standard InChI is InChI=1S/C22H22N2O6/c1-2-29-21(27)15-8-10-18(11-9-15)24-13-16(12-20(24)26)22(28)30-14-19(25)23-17-6-4-3-5-7-17/h3-11,16H,2,12-14H2,1H3,(H,23,25)/t16-/m0/s1. The fourth-order valence-corrected chi connectivity index (χ4v) is 3.08. The number of nitrogens with one attached hydrogen (secondary N) is 1. The zero-order valence-corrected chi connectivity index (χ0v) is 16.5. The number of carbonyl (C=O) groups excluding carboxylic acids is 4. The molecule has 0 saturated carbocycles. The Morgan fingerprint density at radius 1 is 1.03 bits per heavy atom. The first-order chi connectivity index (χ1) is 14.5. The van der Waals surface area contributed by atoms with Crippen LogP contribution in [0.3, 0.4) is 0 Å². The van der Waals surface area contributed by atoms with Gasteiger partial charge in [-0.05, 0) is 43.3 Å². The van der Waals surface area contributed by atoms with E-state index < -0.39 is 30.4 Å². The lowest BCUT2D eigenvalue weighted by molar-refractivity contribution is -0.151. The number of ether oxygens (including phenoxy) is 2. The molecule has 2 amide bonds. The van der Waals surface area contributed by atoms with E-state index in [1.807, 2.05) is 6.07 Å². The maximum Gasteiger partial charge on any atom is 0.338 e. The molecular formula is C22H22N2O6. The molecule has 8 nitrogen and oxygen atoms in total. The second-order valence-electron chi connectivity index (χ2n) is 6.69. The van der Waals surface area contributed by atoms with Crippen molar-refractivity contribution < 1.29 is 28.7 Å². The number of benzene rings is 2. The van der Waals surface area contributed by atoms with Crippen LogP contribution in [0.4, 0.5) is 11.4 Å². The Hall–Kier alpha value is -3.68. The first-order valence-corrected chi connectivity index (χ1v) is 9.57. The molecule has 156 valence electrons. The summed E-state index contributed by atoms with van der Waals surface area (Å²) in [4.78, 5) is 49.7. The minimum Gasteiger partial charge on any atom is -0.462 e. The number of para-hydroxylation sites is 1. The van der Waals surface area contributed by atoms with Gasteiger partial charge < -0.3 is 19.7 Å². The number of amides is 2. The highest BCUT2D eigenvalue weighted by atomic mass is 16.5. The van der Waals surface area contributed by atoms with Gasteiger partial charge in [0.25, 0.3) is 5.91 Å². The summed E-state index contributed by atoms with van der Waals surface area (Å²) in [7, 11) is 0. The highest BCUT2D eigenvalue weighted by molar-refractivity contribution is 6.00. The number of esters is 2. The maximum absolute atomic E-state index is 12.3. The molecule has 0 unspecified atom stereocenters. The number of nitrogens with zero attached hydrogens (tertiary/aromatic N) is 1. The molecule has 0 spiro atoms. The van der Waals surface area contributed by atoms with Crippen LogP contribution in [0.25, 0.3) is 0 Å². The van der Waals surface area contributed by atoms with Gasteiger partial charge in [-0.3, -0.25) is 14.4 Å². The average molecular weight is 410 g/mol. The van der Waals surface area contributed by atoms with E-state index in [1.54, 1.807) is 55.5 Å². The Kier molecular flexibility index (Phi) is 6.79. The smallest absolute Gasteiger partial charge is 0.338 e. The van der Waals surface area contributed by atoms with Crippen LogP contribution in [-0.2, 0) is 23.9 Å². The minimum atomic E-state index is -0.660. The largest absolute Gasteiger partial charge is 0.462 e. The van der Waals surface area contributed by atoms with Gasteiger partial charge in [-0.15, -0.1) is 0 Å². The summed E-state index contributed by atoms with van der Waals surface area (Å²) in [6.07, 6.45) is -0.00122. The summed E-state index contributed by atoms with van der Waals surface area (Å²) in [6, 6.07) is 15.2. The molecule has 3 rings (SSSR count). The third kappa shape index (κ3) is 5.22. The predicted octanol–water partition coefficient (Wildman–Crippen LogP) is 2.40. The summed E-state index contributed by atoms with van der Waals surface area (Å²) < 4.78 is 10.0. The van der Waals surface area contributed by atoms with Crippen molar-refractivity contribution in [3.63, 3.8) is 0 Å². The van der Waals surface area contributed by atoms with Crippen LogP contribution in [0.15, 0.2) is 54.6 Å². The van der Waals surface area contributed by atoms with E-state index in [4.69, 9.17) is 9.47 Å². The lowest BCUT2D eigenvalue weighted by Gasteiger charge is -2.17. The van der Waals surface area contributed by atoms with Gasteiger partial charge in [0.1, 0.15) is 0 Å². The number of anilines is 2. The monoisotopic (exact) mass is 410 g/mol. The molecule has 0 radical (unpaired) electrons. The van der Waals surface area contributed by atoms with Gasteiger partial charge in [0, 0.05) is 24.3 Å². The molecule has 8 heteroatoms. The zero-order chi connectivity index (χ0) is 21.5. The molecule has 0 aromatic heterocycles. The minimum absolute atomic E-state index is 0.00122. The van der Waals surface area contributed by atoms with E-state index in [1.165, 1.54) is 4.90 Å². The fraction of sp³-hybridized carbons (Fsp3) is 0.273. The quantitative estimate of drug-likeness (QED) is 0.704. The SMILES string of the molecule is CCOC(=O)c1ccc(N2C[C@@H](C(=O)OCC(=O)Nc3ccccc3)CC2=O)cc1. The molecule has 0 bridgehead atoms.